The van der Waals surface area contributed by atoms with Crippen molar-refractivity contribution in [3.05, 3.63) is 10.5 Å². The van der Waals surface area contributed by atoms with Gasteiger partial charge in [0, 0.05) is 17.2 Å². The zero-order chi connectivity index (χ0) is 11.4. The highest BCUT2D eigenvalue weighted by Gasteiger charge is 2.33. The molecule has 0 aliphatic carbocycles. The number of rotatable bonds is 3. The predicted octanol–water partition coefficient (Wildman–Crippen LogP) is 3.94. The van der Waals surface area contributed by atoms with Gasteiger partial charge in [0.15, 0.2) is 5.09 Å². The van der Waals surface area contributed by atoms with Crippen LogP contribution in [0.2, 0.25) is 0 Å². The lowest BCUT2D eigenvalue weighted by Crippen LogP contribution is -2.02. The molecule has 0 atom stereocenters. The Kier molecular flexibility index (Phi) is 4.99. The van der Waals surface area contributed by atoms with Crippen LogP contribution in [0, 0.1) is 0 Å². The monoisotopic (exact) mass is 258 g/mol. The molecule has 0 spiro atoms. The second kappa shape index (κ2) is 5.06. The highest BCUT2D eigenvalue weighted by molar-refractivity contribution is 8.06. The van der Waals surface area contributed by atoms with Gasteiger partial charge in [0.25, 0.3) is 0 Å². The summed E-state index contributed by atoms with van der Waals surface area (Å²) in [4.78, 5) is 0. The topological polar surface area (TPSA) is 9.23 Å². The normalized spacial score (nSPS) is 14.4. The molecule has 0 unspecified atom stereocenters. The fourth-order valence-corrected chi connectivity index (χ4v) is 1.32. The maximum Gasteiger partial charge on any atom is 0.449 e. The van der Waals surface area contributed by atoms with Crippen LogP contribution in [-0.4, -0.2) is 18.1 Å². The van der Waals surface area contributed by atoms with Crippen LogP contribution in [0.1, 0.15) is 0 Å². The Hall–Kier alpha value is -0.180. The van der Waals surface area contributed by atoms with Gasteiger partial charge in [-0.05, 0) is 11.8 Å². The maximum atomic E-state index is 11.7. The average molecular weight is 258 g/mol. The molecular weight excluding hydrogens is 254 g/mol. The summed E-state index contributed by atoms with van der Waals surface area (Å²) in [6.07, 6.45) is 0. The van der Waals surface area contributed by atoms with E-state index in [1.807, 2.05) is 0 Å². The molecule has 0 aliphatic heterocycles. The van der Waals surface area contributed by atoms with E-state index in [1.54, 1.807) is 0 Å². The molecule has 0 amide bonds. The van der Waals surface area contributed by atoms with E-state index in [0.29, 0.717) is 0 Å². The van der Waals surface area contributed by atoms with Gasteiger partial charge < -0.3 is 4.74 Å². The van der Waals surface area contributed by atoms with Crippen LogP contribution in [0.25, 0.3) is 0 Å². The average Bonchev–Trinajstić information content (AvgIpc) is 1.94. The number of ether oxygens (including phenoxy) is 1. The summed E-state index contributed by atoms with van der Waals surface area (Å²) in [6, 6.07) is 0. The minimum Gasteiger partial charge on any atom is -0.490 e. The van der Waals surface area contributed by atoms with Gasteiger partial charge >= 0.3 is 11.0 Å². The van der Waals surface area contributed by atoms with Gasteiger partial charge in [-0.1, -0.05) is 0 Å². The molecule has 1 nitrogen and oxygen atoms in total. The standard InChI is InChI=1S/C5H4F6OS2/c1-12-3(14-5(9,10)11)2-13-4(6,7)8/h2H,1H3. The third-order valence-corrected chi connectivity index (χ3v) is 2.17. The van der Waals surface area contributed by atoms with Crippen molar-refractivity contribution >= 4 is 23.5 Å². The Labute approximate surface area is 83.9 Å². The van der Waals surface area contributed by atoms with Gasteiger partial charge in [0.1, 0.15) is 0 Å². The van der Waals surface area contributed by atoms with Gasteiger partial charge in [-0.2, -0.15) is 26.3 Å². The molecule has 0 fully saturated rings. The van der Waals surface area contributed by atoms with Gasteiger partial charge in [-0.3, -0.25) is 0 Å². The molecule has 0 heterocycles. The van der Waals surface area contributed by atoms with Crippen LogP contribution >= 0.6 is 23.5 Å². The molecule has 0 aromatic heterocycles. The molecule has 14 heavy (non-hydrogen) atoms. The quantitative estimate of drug-likeness (QED) is 0.560. The molecule has 0 saturated carbocycles. The molecule has 9 heteroatoms. The lowest BCUT2D eigenvalue weighted by Gasteiger charge is -2.08. The second-order valence-corrected chi connectivity index (χ2v) is 3.76. The third-order valence-electron chi connectivity index (χ3n) is 0.706. The van der Waals surface area contributed by atoms with Crippen molar-refractivity contribution in [2.45, 2.75) is 11.0 Å². The van der Waals surface area contributed by atoms with E-state index in [9.17, 15) is 26.3 Å². The first kappa shape index (κ1) is 13.8. The van der Waals surface area contributed by atoms with Crippen molar-refractivity contribution in [2.24, 2.45) is 0 Å². The third kappa shape index (κ3) is 8.42. The van der Waals surface area contributed by atoms with Crippen LogP contribution in [0.3, 0.4) is 0 Å². The van der Waals surface area contributed by atoms with E-state index < -0.39 is 39.6 Å². The Morgan fingerprint density at radius 3 is 1.86 bits per heavy atom. The number of hydrogen-bond acceptors (Lipinski definition) is 3. The van der Waals surface area contributed by atoms with Crippen molar-refractivity contribution < 1.29 is 31.1 Å². The minimum absolute atomic E-state index is 0.262. The van der Waals surface area contributed by atoms with E-state index in [4.69, 9.17) is 0 Å². The van der Waals surface area contributed by atoms with Gasteiger partial charge in [-0.15, -0.1) is 0 Å². The summed E-state index contributed by atoms with van der Waals surface area (Å²) in [6.45, 7) is 0. The van der Waals surface area contributed by atoms with Crippen LogP contribution in [0.5, 0.6) is 0 Å². The summed E-state index contributed by atoms with van der Waals surface area (Å²) in [5.41, 5.74) is -9.27. The number of halogens is 6. The van der Waals surface area contributed by atoms with Crippen LogP contribution in [0.15, 0.2) is 10.5 Å². The Morgan fingerprint density at radius 2 is 1.57 bits per heavy atom. The molecule has 0 bridgehead atoms. The van der Waals surface area contributed by atoms with Crippen molar-refractivity contribution in [3.8, 4) is 0 Å². The zero-order valence-corrected chi connectivity index (χ0v) is 8.20. The van der Waals surface area contributed by atoms with Crippen molar-refractivity contribution in [2.75, 3.05) is 7.11 Å². The molecular formula is C5H4F6OS2. The summed E-state index contributed by atoms with van der Waals surface area (Å²) in [7, 11) is 0.863. The highest BCUT2D eigenvalue weighted by Crippen LogP contribution is 2.40. The van der Waals surface area contributed by atoms with Crippen LogP contribution in [0.4, 0.5) is 26.3 Å². The van der Waals surface area contributed by atoms with Gasteiger partial charge in [0.2, 0.25) is 0 Å². The summed E-state index contributed by atoms with van der Waals surface area (Å²) in [5, 5.41) is -0.585. The first-order valence-corrected chi connectivity index (χ1v) is 4.58. The molecule has 0 aliphatic rings. The molecule has 0 rings (SSSR count). The number of thioether (sulfide) groups is 2. The first-order valence-electron chi connectivity index (χ1n) is 2.88. The zero-order valence-electron chi connectivity index (χ0n) is 6.57. The minimum atomic E-state index is -4.66. The van der Waals surface area contributed by atoms with Crippen molar-refractivity contribution in [1.82, 2.24) is 0 Å². The molecule has 0 N–H and O–H groups in total. The van der Waals surface area contributed by atoms with Crippen molar-refractivity contribution in [3.63, 3.8) is 0 Å². The predicted molar refractivity (Wildman–Crippen MR) is 42.4 cm³/mol. The maximum absolute atomic E-state index is 11.7. The fraction of sp³-hybridized carbons (Fsp3) is 0.600. The van der Waals surface area contributed by atoms with Crippen molar-refractivity contribution in [1.29, 1.82) is 0 Å². The second-order valence-electron chi connectivity index (χ2n) is 1.75. The van der Waals surface area contributed by atoms with Gasteiger partial charge in [-0.25, -0.2) is 0 Å². The first-order chi connectivity index (χ1) is 6.14. The number of alkyl halides is 6. The Bertz CT molecular complexity index is 207. The highest BCUT2D eigenvalue weighted by atomic mass is 32.2. The Morgan fingerprint density at radius 1 is 1.07 bits per heavy atom. The van der Waals surface area contributed by atoms with E-state index in [0.717, 1.165) is 7.11 Å². The van der Waals surface area contributed by atoms with E-state index in [-0.39, 0.29) is 5.41 Å². The van der Waals surface area contributed by atoms with Crippen LogP contribution < -0.4 is 0 Å². The SMILES string of the molecule is COC(=CSC(F)(F)F)SC(F)(F)F. The Balaban J connectivity index is 4.28. The van der Waals surface area contributed by atoms with Gasteiger partial charge in [0.05, 0.1) is 7.11 Å². The van der Waals surface area contributed by atoms with E-state index in [1.165, 1.54) is 0 Å². The largest absolute Gasteiger partial charge is 0.490 e. The number of hydrogen-bond donors (Lipinski definition) is 0. The number of methoxy groups -OCH3 is 1. The summed E-state index contributed by atoms with van der Waals surface area (Å²) in [5.74, 6) is 0. The summed E-state index contributed by atoms with van der Waals surface area (Å²) < 4.78 is 73.8. The van der Waals surface area contributed by atoms with E-state index in [2.05, 4.69) is 4.74 Å². The molecule has 0 aromatic carbocycles. The fourth-order valence-electron chi connectivity index (χ4n) is 0.343. The van der Waals surface area contributed by atoms with E-state index >= 15 is 0 Å². The molecule has 84 valence electrons. The molecule has 0 aromatic rings. The molecule has 0 radical (unpaired) electrons. The summed E-state index contributed by atoms with van der Waals surface area (Å²) >= 11 is -1.44. The lowest BCUT2D eigenvalue weighted by molar-refractivity contribution is -0.0340. The smallest absolute Gasteiger partial charge is 0.449 e. The lowest BCUT2D eigenvalue weighted by atomic mass is 11.1. The molecule has 0 saturated heterocycles. The van der Waals surface area contributed by atoms with Crippen LogP contribution in [-0.2, 0) is 4.74 Å².